The molecule has 28 heavy (non-hydrogen) atoms. The number of hydrogen-bond donors (Lipinski definition) is 2. The molecular weight excluding hydrogens is 358 g/mol. The smallest absolute Gasteiger partial charge is 0.329 e. The van der Waals surface area contributed by atoms with Gasteiger partial charge in [0.1, 0.15) is 0 Å². The second kappa shape index (κ2) is 6.98. The molecule has 0 radical (unpaired) electrons. The summed E-state index contributed by atoms with van der Waals surface area (Å²) in [7, 11) is 1.59. The molecule has 9 nitrogen and oxygen atoms in total. The number of benzene rings is 1. The Balaban J connectivity index is 2.02. The summed E-state index contributed by atoms with van der Waals surface area (Å²) >= 11 is 0. The van der Waals surface area contributed by atoms with E-state index in [0.717, 1.165) is 31.7 Å². The number of aromatic amines is 1. The van der Waals surface area contributed by atoms with E-state index in [0.29, 0.717) is 22.7 Å². The molecular formula is C19H21N7O2. The Morgan fingerprint density at radius 3 is 2.64 bits per heavy atom. The number of aryl methyl sites for hydroxylation is 1. The van der Waals surface area contributed by atoms with Crippen LogP contribution < -0.4 is 21.5 Å². The van der Waals surface area contributed by atoms with Gasteiger partial charge in [-0.3, -0.25) is 18.9 Å². The number of nitrogens with one attached hydrogen (secondary N) is 2. The zero-order valence-corrected chi connectivity index (χ0v) is 15.8. The van der Waals surface area contributed by atoms with Crippen LogP contribution in [0.15, 0.2) is 33.9 Å². The Morgan fingerprint density at radius 2 is 1.93 bits per heavy atom. The standard InChI is InChI=1S/C19H21N7O2/c1-12(14-6-4-3-5-13(14)11-20)26-15-16(24(2)19(28)23-17(15)27)22-18(26)25-9-7-21-8-10-25/h3-6,12,21H,7-10H2,1-2H3,(H,23,27,28). The van der Waals surface area contributed by atoms with Gasteiger partial charge in [-0.25, -0.2) is 4.79 Å². The van der Waals surface area contributed by atoms with Crippen molar-refractivity contribution in [1.82, 2.24) is 24.4 Å². The average molecular weight is 379 g/mol. The summed E-state index contributed by atoms with van der Waals surface area (Å²) in [5.74, 6) is 0.628. The fraction of sp³-hybridized carbons (Fsp3) is 0.368. The molecule has 1 atom stereocenters. The van der Waals surface area contributed by atoms with E-state index >= 15 is 0 Å². The van der Waals surface area contributed by atoms with Crippen LogP contribution in [-0.2, 0) is 7.05 Å². The number of nitrogens with zero attached hydrogens (tertiary/aromatic N) is 5. The number of anilines is 1. The highest BCUT2D eigenvalue weighted by atomic mass is 16.2. The topological polar surface area (TPSA) is 112 Å². The predicted molar refractivity (Wildman–Crippen MR) is 106 cm³/mol. The first-order valence-corrected chi connectivity index (χ1v) is 9.19. The fourth-order valence-corrected chi connectivity index (χ4v) is 3.75. The summed E-state index contributed by atoms with van der Waals surface area (Å²) in [6.07, 6.45) is 0. The van der Waals surface area contributed by atoms with Crippen LogP contribution in [0.5, 0.6) is 0 Å². The quantitative estimate of drug-likeness (QED) is 0.678. The molecule has 2 N–H and O–H groups in total. The lowest BCUT2D eigenvalue weighted by molar-refractivity contribution is 0.557. The van der Waals surface area contributed by atoms with Gasteiger partial charge in [0.2, 0.25) is 5.95 Å². The first-order chi connectivity index (χ1) is 13.5. The number of H-pyrrole nitrogens is 1. The molecule has 1 fully saturated rings. The highest BCUT2D eigenvalue weighted by Gasteiger charge is 2.27. The molecule has 1 aliphatic rings. The van der Waals surface area contributed by atoms with Crippen LogP contribution in [0.25, 0.3) is 11.2 Å². The van der Waals surface area contributed by atoms with Gasteiger partial charge in [0, 0.05) is 33.2 Å². The Bertz CT molecular complexity index is 1190. The number of hydrogen-bond acceptors (Lipinski definition) is 6. The van der Waals surface area contributed by atoms with Crippen molar-refractivity contribution in [2.75, 3.05) is 31.1 Å². The molecule has 1 unspecified atom stereocenters. The lowest BCUT2D eigenvalue weighted by Gasteiger charge is -2.30. The second-order valence-electron chi connectivity index (χ2n) is 6.88. The Morgan fingerprint density at radius 1 is 1.21 bits per heavy atom. The van der Waals surface area contributed by atoms with Crippen LogP contribution in [-0.4, -0.2) is 45.3 Å². The summed E-state index contributed by atoms with van der Waals surface area (Å²) in [4.78, 5) is 34.0. The van der Waals surface area contributed by atoms with Gasteiger partial charge >= 0.3 is 5.69 Å². The number of aromatic nitrogens is 4. The molecule has 1 aliphatic heterocycles. The van der Waals surface area contributed by atoms with Crippen molar-refractivity contribution in [1.29, 1.82) is 5.26 Å². The Hall–Kier alpha value is -3.38. The van der Waals surface area contributed by atoms with Crippen molar-refractivity contribution >= 4 is 17.1 Å². The third-order valence-electron chi connectivity index (χ3n) is 5.25. The summed E-state index contributed by atoms with van der Waals surface area (Å²) in [5.41, 5.74) is 1.03. The van der Waals surface area contributed by atoms with E-state index in [-0.39, 0.29) is 6.04 Å². The number of fused-ring (bicyclic) bond motifs is 1. The lowest BCUT2D eigenvalue weighted by atomic mass is 10.0. The van der Waals surface area contributed by atoms with E-state index in [4.69, 9.17) is 0 Å². The second-order valence-corrected chi connectivity index (χ2v) is 6.88. The Labute approximate surface area is 160 Å². The molecule has 9 heteroatoms. The maximum atomic E-state index is 12.7. The van der Waals surface area contributed by atoms with Crippen LogP contribution in [0.3, 0.4) is 0 Å². The summed E-state index contributed by atoms with van der Waals surface area (Å²) in [5, 5.41) is 12.8. The van der Waals surface area contributed by atoms with E-state index in [1.165, 1.54) is 4.57 Å². The molecule has 0 saturated carbocycles. The molecule has 3 aromatic rings. The molecule has 144 valence electrons. The maximum absolute atomic E-state index is 12.7. The van der Waals surface area contributed by atoms with E-state index < -0.39 is 11.2 Å². The van der Waals surface area contributed by atoms with Gasteiger partial charge in [0.25, 0.3) is 5.56 Å². The molecule has 2 aromatic heterocycles. The molecule has 4 rings (SSSR count). The van der Waals surface area contributed by atoms with Crippen LogP contribution >= 0.6 is 0 Å². The third-order valence-corrected chi connectivity index (χ3v) is 5.25. The Kier molecular flexibility index (Phi) is 4.49. The van der Waals surface area contributed by atoms with E-state index in [2.05, 4.69) is 26.3 Å². The monoisotopic (exact) mass is 379 g/mol. The number of rotatable bonds is 3. The van der Waals surface area contributed by atoms with Gasteiger partial charge < -0.3 is 10.2 Å². The van der Waals surface area contributed by atoms with Gasteiger partial charge in [-0.1, -0.05) is 18.2 Å². The van der Waals surface area contributed by atoms with Crippen LogP contribution in [0.4, 0.5) is 5.95 Å². The normalized spacial score (nSPS) is 15.5. The zero-order valence-electron chi connectivity index (χ0n) is 15.8. The summed E-state index contributed by atoms with van der Waals surface area (Å²) < 4.78 is 3.19. The van der Waals surface area contributed by atoms with Gasteiger partial charge in [0.05, 0.1) is 17.7 Å². The summed E-state index contributed by atoms with van der Waals surface area (Å²) in [6, 6.07) is 9.23. The van der Waals surface area contributed by atoms with Crippen LogP contribution in [0.1, 0.15) is 24.1 Å². The molecule has 1 saturated heterocycles. The maximum Gasteiger partial charge on any atom is 0.329 e. The van der Waals surface area contributed by atoms with E-state index in [9.17, 15) is 14.9 Å². The highest BCUT2D eigenvalue weighted by molar-refractivity contribution is 5.75. The average Bonchev–Trinajstić information content (AvgIpc) is 3.13. The minimum Gasteiger partial charge on any atom is -0.340 e. The van der Waals surface area contributed by atoms with Crippen LogP contribution in [0, 0.1) is 11.3 Å². The SMILES string of the molecule is CC(c1ccccc1C#N)n1c(N2CCNCC2)nc2c1c(=O)[nH]c(=O)n2C. The van der Waals surface area contributed by atoms with Crippen LogP contribution in [0.2, 0.25) is 0 Å². The zero-order chi connectivity index (χ0) is 19.8. The third kappa shape index (κ3) is 2.78. The molecule has 0 amide bonds. The number of nitriles is 1. The first kappa shape index (κ1) is 18.0. The molecule has 0 bridgehead atoms. The van der Waals surface area contributed by atoms with E-state index in [1.807, 2.05) is 29.7 Å². The van der Waals surface area contributed by atoms with Crippen molar-refractivity contribution < 1.29 is 0 Å². The van der Waals surface area contributed by atoms with Crippen molar-refractivity contribution in [3.63, 3.8) is 0 Å². The summed E-state index contributed by atoms with van der Waals surface area (Å²) in [6.45, 7) is 5.03. The van der Waals surface area contributed by atoms with Gasteiger partial charge in [-0.15, -0.1) is 0 Å². The minimum atomic E-state index is -0.501. The number of imidazole rings is 1. The molecule has 3 heterocycles. The number of piperazine rings is 1. The predicted octanol–water partition coefficient (Wildman–Crippen LogP) is 0.314. The highest BCUT2D eigenvalue weighted by Crippen LogP contribution is 2.30. The molecule has 0 aliphatic carbocycles. The minimum absolute atomic E-state index is 0.315. The van der Waals surface area contributed by atoms with Gasteiger partial charge in [-0.05, 0) is 18.6 Å². The van der Waals surface area contributed by atoms with Crippen molar-refractivity contribution in [2.24, 2.45) is 7.05 Å². The first-order valence-electron chi connectivity index (χ1n) is 9.19. The molecule has 1 aromatic carbocycles. The van der Waals surface area contributed by atoms with Gasteiger partial charge in [-0.2, -0.15) is 10.2 Å². The van der Waals surface area contributed by atoms with Crippen molar-refractivity contribution in [3.05, 3.63) is 56.2 Å². The largest absolute Gasteiger partial charge is 0.340 e. The molecule has 0 spiro atoms. The van der Waals surface area contributed by atoms with Gasteiger partial charge in [0.15, 0.2) is 11.2 Å². The van der Waals surface area contributed by atoms with Crippen molar-refractivity contribution in [2.45, 2.75) is 13.0 Å². The van der Waals surface area contributed by atoms with E-state index in [1.54, 1.807) is 13.1 Å². The van der Waals surface area contributed by atoms with Crippen molar-refractivity contribution in [3.8, 4) is 6.07 Å². The fourth-order valence-electron chi connectivity index (χ4n) is 3.75. The lowest BCUT2D eigenvalue weighted by Crippen LogP contribution is -2.44.